The second-order valence-corrected chi connectivity index (χ2v) is 4.05. The van der Waals surface area contributed by atoms with E-state index >= 15 is 0 Å². The number of hydrogen-bond donors (Lipinski definition) is 2. The Bertz CT molecular complexity index is 393. The molecule has 1 aliphatic heterocycles. The first-order valence-corrected chi connectivity index (χ1v) is 5.38. The molecule has 4 nitrogen and oxygen atoms in total. The fourth-order valence-corrected chi connectivity index (χ4v) is 2.03. The van der Waals surface area contributed by atoms with E-state index in [9.17, 15) is 4.39 Å². The molecular formula is C11H15FN4. The normalized spacial score (nSPS) is 20.8. The van der Waals surface area contributed by atoms with Gasteiger partial charge >= 0.3 is 0 Å². The maximum absolute atomic E-state index is 13.5. The highest BCUT2D eigenvalue weighted by atomic mass is 19.1. The Hall–Kier alpha value is -1.65. The van der Waals surface area contributed by atoms with Crippen molar-refractivity contribution in [3.05, 3.63) is 24.1 Å². The van der Waals surface area contributed by atoms with Crippen molar-refractivity contribution in [1.82, 2.24) is 4.98 Å². The van der Waals surface area contributed by atoms with Gasteiger partial charge < -0.3 is 10.6 Å². The SMILES string of the molecule is N=C(N)C1CCCN(c2ncccc2F)C1. The van der Waals surface area contributed by atoms with Crippen molar-refractivity contribution in [1.29, 1.82) is 5.41 Å². The molecule has 2 rings (SSSR count). The van der Waals surface area contributed by atoms with E-state index in [1.54, 1.807) is 12.3 Å². The van der Waals surface area contributed by atoms with Crippen LogP contribution in [0.5, 0.6) is 0 Å². The molecule has 3 N–H and O–H groups in total. The first-order valence-electron chi connectivity index (χ1n) is 5.38. The van der Waals surface area contributed by atoms with E-state index in [2.05, 4.69) is 4.98 Å². The maximum Gasteiger partial charge on any atom is 0.165 e. The summed E-state index contributed by atoms with van der Waals surface area (Å²) in [4.78, 5) is 5.90. The second kappa shape index (κ2) is 4.47. The molecule has 16 heavy (non-hydrogen) atoms. The Morgan fingerprint density at radius 3 is 3.12 bits per heavy atom. The average molecular weight is 222 g/mol. The van der Waals surface area contributed by atoms with E-state index in [4.69, 9.17) is 11.1 Å². The summed E-state index contributed by atoms with van der Waals surface area (Å²) in [5.41, 5.74) is 5.49. The molecule has 1 aliphatic rings. The molecule has 0 radical (unpaired) electrons. The number of pyridine rings is 1. The van der Waals surface area contributed by atoms with Crippen molar-refractivity contribution in [2.75, 3.05) is 18.0 Å². The molecule has 1 unspecified atom stereocenters. The molecule has 86 valence electrons. The summed E-state index contributed by atoms with van der Waals surface area (Å²) < 4.78 is 13.5. The Kier molecular flexibility index (Phi) is 3.03. The molecule has 0 spiro atoms. The first-order chi connectivity index (χ1) is 7.68. The number of nitrogens with two attached hydrogens (primary N) is 1. The van der Waals surface area contributed by atoms with Gasteiger partial charge in [-0.25, -0.2) is 9.37 Å². The van der Waals surface area contributed by atoms with E-state index in [0.717, 1.165) is 19.4 Å². The standard InChI is InChI=1S/C11H15FN4/c12-9-4-1-5-15-11(9)16-6-2-3-8(7-16)10(13)14/h1,4-5,8H,2-3,6-7H2,(H3,13,14). The van der Waals surface area contributed by atoms with Gasteiger partial charge in [-0.3, -0.25) is 5.41 Å². The smallest absolute Gasteiger partial charge is 0.165 e. The summed E-state index contributed by atoms with van der Waals surface area (Å²) in [6.45, 7) is 1.36. The van der Waals surface area contributed by atoms with Crippen LogP contribution in [0, 0.1) is 17.1 Å². The van der Waals surface area contributed by atoms with E-state index in [1.807, 2.05) is 4.90 Å². The van der Waals surface area contributed by atoms with Crippen LogP contribution in [0.3, 0.4) is 0 Å². The van der Waals surface area contributed by atoms with Gasteiger partial charge in [-0.1, -0.05) is 0 Å². The molecule has 0 saturated carbocycles. The van der Waals surface area contributed by atoms with Crippen LogP contribution in [-0.4, -0.2) is 23.9 Å². The molecule has 0 aromatic carbocycles. The third kappa shape index (κ3) is 2.13. The highest BCUT2D eigenvalue weighted by Crippen LogP contribution is 2.23. The van der Waals surface area contributed by atoms with Gasteiger partial charge in [0.2, 0.25) is 0 Å². The van der Waals surface area contributed by atoms with Gasteiger partial charge in [-0.15, -0.1) is 0 Å². The van der Waals surface area contributed by atoms with Crippen LogP contribution in [-0.2, 0) is 0 Å². The number of piperidine rings is 1. The van der Waals surface area contributed by atoms with Gasteiger partial charge in [-0.05, 0) is 25.0 Å². The highest BCUT2D eigenvalue weighted by molar-refractivity contribution is 5.80. The van der Waals surface area contributed by atoms with Crippen LogP contribution in [0.1, 0.15) is 12.8 Å². The van der Waals surface area contributed by atoms with Crippen LogP contribution >= 0.6 is 0 Å². The number of rotatable bonds is 2. The average Bonchev–Trinajstić information content (AvgIpc) is 2.30. The third-order valence-electron chi connectivity index (χ3n) is 2.90. The largest absolute Gasteiger partial charge is 0.387 e. The predicted molar refractivity (Wildman–Crippen MR) is 61.0 cm³/mol. The lowest BCUT2D eigenvalue weighted by atomic mass is 9.97. The topological polar surface area (TPSA) is 66.0 Å². The lowest BCUT2D eigenvalue weighted by Gasteiger charge is -2.33. The minimum atomic E-state index is -0.313. The van der Waals surface area contributed by atoms with Crippen LogP contribution < -0.4 is 10.6 Å². The van der Waals surface area contributed by atoms with Gasteiger partial charge in [0, 0.05) is 25.2 Å². The fraction of sp³-hybridized carbons (Fsp3) is 0.455. The third-order valence-corrected chi connectivity index (χ3v) is 2.90. The summed E-state index contributed by atoms with van der Waals surface area (Å²) in [7, 11) is 0. The zero-order valence-electron chi connectivity index (χ0n) is 8.99. The van der Waals surface area contributed by atoms with Gasteiger partial charge in [0.25, 0.3) is 0 Å². The van der Waals surface area contributed by atoms with Gasteiger partial charge in [0.15, 0.2) is 11.6 Å². The van der Waals surface area contributed by atoms with Crippen molar-refractivity contribution >= 4 is 11.7 Å². The fourth-order valence-electron chi connectivity index (χ4n) is 2.03. The number of nitrogens with zero attached hydrogens (tertiary/aromatic N) is 2. The number of anilines is 1. The Balaban J connectivity index is 2.16. The summed E-state index contributed by atoms with van der Waals surface area (Å²) in [6.07, 6.45) is 3.40. The number of halogens is 1. The van der Waals surface area contributed by atoms with Gasteiger partial charge in [0.1, 0.15) is 0 Å². The number of hydrogen-bond acceptors (Lipinski definition) is 3. The molecule has 0 amide bonds. The van der Waals surface area contributed by atoms with E-state index in [1.165, 1.54) is 6.07 Å². The van der Waals surface area contributed by atoms with Gasteiger partial charge in [0.05, 0.1) is 5.84 Å². The van der Waals surface area contributed by atoms with Crippen LogP contribution in [0.4, 0.5) is 10.2 Å². The first kappa shape index (κ1) is 10.9. The van der Waals surface area contributed by atoms with Crippen LogP contribution in [0.25, 0.3) is 0 Å². The minimum absolute atomic E-state index is 0.0233. The van der Waals surface area contributed by atoms with Gasteiger partial charge in [-0.2, -0.15) is 0 Å². The molecule has 5 heteroatoms. The van der Waals surface area contributed by atoms with E-state index in [0.29, 0.717) is 12.4 Å². The predicted octanol–water partition coefficient (Wildman–Crippen LogP) is 1.37. The monoisotopic (exact) mass is 222 g/mol. The molecule has 1 atom stereocenters. The quantitative estimate of drug-likeness (QED) is 0.586. The van der Waals surface area contributed by atoms with Crippen LogP contribution in [0.2, 0.25) is 0 Å². The van der Waals surface area contributed by atoms with E-state index < -0.39 is 0 Å². The van der Waals surface area contributed by atoms with Crippen molar-refractivity contribution in [3.8, 4) is 0 Å². The zero-order chi connectivity index (χ0) is 11.5. The van der Waals surface area contributed by atoms with Crippen LogP contribution in [0.15, 0.2) is 18.3 Å². The maximum atomic E-state index is 13.5. The number of amidine groups is 1. The lowest BCUT2D eigenvalue weighted by molar-refractivity contribution is 0.490. The molecule has 0 bridgehead atoms. The molecule has 1 aromatic rings. The zero-order valence-corrected chi connectivity index (χ0v) is 8.99. The highest BCUT2D eigenvalue weighted by Gasteiger charge is 2.24. The molecule has 0 aliphatic carbocycles. The van der Waals surface area contributed by atoms with Crippen molar-refractivity contribution < 1.29 is 4.39 Å². The molecule has 1 saturated heterocycles. The van der Waals surface area contributed by atoms with Crippen molar-refractivity contribution in [3.63, 3.8) is 0 Å². The molecule has 1 aromatic heterocycles. The van der Waals surface area contributed by atoms with E-state index in [-0.39, 0.29) is 17.6 Å². The lowest BCUT2D eigenvalue weighted by Crippen LogP contribution is -2.41. The second-order valence-electron chi connectivity index (χ2n) is 4.05. The van der Waals surface area contributed by atoms with Crippen molar-refractivity contribution in [2.45, 2.75) is 12.8 Å². The Morgan fingerprint density at radius 2 is 2.44 bits per heavy atom. The van der Waals surface area contributed by atoms with Crippen molar-refractivity contribution in [2.24, 2.45) is 11.7 Å². The summed E-state index contributed by atoms with van der Waals surface area (Å²) in [5, 5.41) is 7.43. The summed E-state index contributed by atoms with van der Waals surface area (Å²) >= 11 is 0. The number of nitrogens with one attached hydrogen (secondary N) is 1. The Labute approximate surface area is 93.8 Å². The summed E-state index contributed by atoms with van der Waals surface area (Å²) in [5.74, 6) is 0.261. The molecule has 2 heterocycles. The Morgan fingerprint density at radius 1 is 1.62 bits per heavy atom. The minimum Gasteiger partial charge on any atom is -0.387 e. The number of aromatic nitrogens is 1. The molecule has 1 fully saturated rings. The summed E-state index contributed by atoms with van der Waals surface area (Å²) in [6, 6.07) is 2.98. The molecular weight excluding hydrogens is 207 g/mol.